The quantitative estimate of drug-likeness (QED) is 0.839. The van der Waals surface area contributed by atoms with Crippen LogP contribution < -0.4 is 5.76 Å². The van der Waals surface area contributed by atoms with Crippen LogP contribution in [0.25, 0.3) is 11.1 Å². The molecule has 0 spiro atoms. The summed E-state index contributed by atoms with van der Waals surface area (Å²) in [6, 6.07) is 5.31. The molecule has 0 aliphatic carbocycles. The van der Waals surface area contributed by atoms with Crippen molar-refractivity contribution in [3.63, 3.8) is 0 Å². The lowest BCUT2D eigenvalue weighted by Gasteiger charge is -2.26. The van der Waals surface area contributed by atoms with Gasteiger partial charge in [0.05, 0.1) is 12.2 Å². The van der Waals surface area contributed by atoms with Crippen LogP contribution >= 0.6 is 11.6 Å². The zero-order valence-electron chi connectivity index (χ0n) is 10.1. The van der Waals surface area contributed by atoms with Crippen molar-refractivity contribution in [3.8, 4) is 0 Å². The van der Waals surface area contributed by atoms with Gasteiger partial charge in [-0.2, -0.15) is 0 Å². The summed E-state index contributed by atoms with van der Waals surface area (Å²) in [6.07, 6.45) is 3.69. The lowest BCUT2D eigenvalue weighted by Crippen LogP contribution is -2.34. The van der Waals surface area contributed by atoms with Gasteiger partial charge in [-0.15, -0.1) is 0 Å². The van der Waals surface area contributed by atoms with Crippen LogP contribution in [0, 0.1) is 0 Å². The van der Waals surface area contributed by atoms with Crippen molar-refractivity contribution >= 4 is 22.7 Å². The molecule has 0 amide bonds. The molecule has 1 aromatic heterocycles. The summed E-state index contributed by atoms with van der Waals surface area (Å²) in [6.45, 7) is 2.70. The van der Waals surface area contributed by atoms with Crippen molar-refractivity contribution < 1.29 is 4.42 Å². The molecule has 0 saturated carbocycles. The maximum atomic E-state index is 11.9. The number of piperidine rings is 1. The number of benzene rings is 1. The van der Waals surface area contributed by atoms with Gasteiger partial charge in [0.25, 0.3) is 0 Å². The van der Waals surface area contributed by atoms with E-state index in [-0.39, 0.29) is 5.76 Å². The van der Waals surface area contributed by atoms with Crippen molar-refractivity contribution in [2.75, 3.05) is 13.1 Å². The molecule has 0 unspecified atom stereocenters. The van der Waals surface area contributed by atoms with Gasteiger partial charge >= 0.3 is 5.76 Å². The van der Waals surface area contributed by atoms with Crippen LogP contribution in [-0.4, -0.2) is 22.6 Å². The van der Waals surface area contributed by atoms with E-state index in [1.807, 2.05) is 6.07 Å². The lowest BCUT2D eigenvalue weighted by atomic mass is 10.1. The van der Waals surface area contributed by atoms with E-state index in [1.165, 1.54) is 19.3 Å². The second-order valence-corrected chi connectivity index (χ2v) is 5.16. The first-order chi connectivity index (χ1) is 8.74. The Morgan fingerprint density at radius 3 is 2.78 bits per heavy atom. The second-order valence-electron chi connectivity index (χ2n) is 4.73. The Hall–Kier alpha value is -1.26. The topological polar surface area (TPSA) is 38.4 Å². The van der Waals surface area contributed by atoms with E-state index >= 15 is 0 Å². The molecule has 0 N–H and O–H groups in total. The molecule has 2 aromatic rings. The van der Waals surface area contributed by atoms with Crippen LogP contribution in [0.2, 0.25) is 5.02 Å². The summed E-state index contributed by atoms with van der Waals surface area (Å²) >= 11 is 5.89. The van der Waals surface area contributed by atoms with Crippen LogP contribution in [0.1, 0.15) is 19.3 Å². The number of aromatic nitrogens is 1. The molecule has 2 heterocycles. The maximum Gasteiger partial charge on any atom is 0.421 e. The molecule has 0 bridgehead atoms. The highest BCUT2D eigenvalue weighted by atomic mass is 35.5. The van der Waals surface area contributed by atoms with Crippen LogP contribution in [0.4, 0.5) is 0 Å². The summed E-state index contributed by atoms with van der Waals surface area (Å²) in [5, 5.41) is 0.585. The van der Waals surface area contributed by atoms with Crippen molar-refractivity contribution in [3.05, 3.63) is 33.8 Å². The Kier molecular flexibility index (Phi) is 3.14. The number of likely N-dealkylation sites (tertiary alicyclic amines) is 1. The summed E-state index contributed by atoms with van der Waals surface area (Å²) in [4.78, 5) is 14.1. The maximum absolute atomic E-state index is 11.9. The van der Waals surface area contributed by atoms with Crippen LogP contribution in [0.15, 0.2) is 27.4 Å². The predicted molar refractivity (Wildman–Crippen MR) is 70.9 cm³/mol. The van der Waals surface area contributed by atoms with E-state index in [2.05, 4.69) is 4.90 Å². The van der Waals surface area contributed by atoms with Gasteiger partial charge in [0, 0.05) is 11.1 Å². The van der Waals surface area contributed by atoms with Gasteiger partial charge in [-0.25, -0.2) is 4.79 Å². The number of hydrogen-bond acceptors (Lipinski definition) is 3. The predicted octanol–water partition coefficient (Wildman–Crippen LogP) is 2.69. The zero-order chi connectivity index (χ0) is 12.5. The second kappa shape index (κ2) is 4.78. The Labute approximate surface area is 110 Å². The molecule has 3 rings (SSSR count). The highest BCUT2D eigenvalue weighted by Crippen LogP contribution is 2.19. The first-order valence-corrected chi connectivity index (χ1v) is 6.63. The third-order valence-corrected chi connectivity index (χ3v) is 3.66. The average molecular weight is 267 g/mol. The van der Waals surface area contributed by atoms with Gasteiger partial charge in [-0.3, -0.25) is 9.47 Å². The first-order valence-electron chi connectivity index (χ1n) is 6.25. The molecule has 1 fully saturated rings. The minimum atomic E-state index is -0.308. The van der Waals surface area contributed by atoms with E-state index in [1.54, 1.807) is 16.7 Å². The zero-order valence-corrected chi connectivity index (χ0v) is 10.8. The van der Waals surface area contributed by atoms with Gasteiger partial charge < -0.3 is 4.42 Å². The van der Waals surface area contributed by atoms with Crippen molar-refractivity contribution in [2.24, 2.45) is 0 Å². The molecule has 5 heteroatoms. The third kappa shape index (κ3) is 2.18. The number of nitrogens with zero attached hydrogens (tertiary/aromatic N) is 2. The van der Waals surface area contributed by atoms with E-state index in [0.717, 1.165) is 18.6 Å². The smallest absolute Gasteiger partial charge is 0.408 e. The van der Waals surface area contributed by atoms with Crippen LogP contribution in [-0.2, 0) is 6.67 Å². The molecule has 96 valence electrons. The summed E-state index contributed by atoms with van der Waals surface area (Å²) in [7, 11) is 0. The Balaban J connectivity index is 1.95. The molecule has 1 aromatic carbocycles. The molecule has 1 aliphatic heterocycles. The van der Waals surface area contributed by atoms with E-state index in [4.69, 9.17) is 16.0 Å². The Bertz CT molecular complexity index is 611. The Morgan fingerprint density at radius 1 is 1.22 bits per heavy atom. The first kappa shape index (κ1) is 11.8. The van der Waals surface area contributed by atoms with Gasteiger partial charge in [0.1, 0.15) is 0 Å². The summed E-state index contributed by atoms with van der Waals surface area (Å²) in [5.74, 6) is -0.308. The largest absolute Gasteiger partial charge is 0.421 e. The number of oxazole rings is 1. The molecule has 18 heavy (non-hydrogen) atoms. The number of fused-ring (bicyclic) bond motifs is 1. The summed E-state index contributed by atoms with van der Waals surface area (Å²) < 4.78 is 6.90. The van der Waals surface area contributed by atoms with Crippen LogP contribution in [0.3, 0.4) is 0 Å². The fourth-order valence-corrected chi connectivity index (χ4v) is 2.64. The average Bonchev–Trinajstić information content (AvgIpc) is 2.66. The standard InChI is InChI=1S/C13H15ClN2O2/c14-10-4-5-11-12(8-10)18-13(17)16(11)9-15-6-2-1-3-7-15/h4-5,8H,1-3,6-7,9H2. The minimum Gasteiger partial charge on any atom is -0.408 e. The van der Waals surface area contributed by atoms with Crippen molar-refractivity contribution in [1.82, 2.24) is 9.47 Å². The SMILES string of the molecule is O=c1oc2cc(Cl)ccc2n1CN1CCCCC1. The molecule has 1 aliphatic rings. The fourth-order valence-electron chi connectivity index (χ4n) is 2.47. The van der Waals surface area contributed by atoms with Gasteiger partial charge in [0.15, 0.2) is 5.58 Å². The molecular weight excluding hydrogens is 252 g/mol. The Morgan fingerprint density at radius 2 is 2.00 bits per heavy atom. The molecular formula is C13H15ClN2O2. The third-order valence-electron chi connectivity index (χ3n) is 3.42. The number of rotatable bonds is 2. The van der Waals surface area contributed by atoms with E-state index < -0.39 is 0 Å². The molecule has 1 saturated heterocycles. The van der Waals surface area contributed by atoms with Gasteiger partial charge in [-0.05, 0) is 38.1 Å². The lowest BCUT2D eigenvalue weighted by molar-refractivity contribution is 0.179. The molecule has 4 nitrogen and oxygen atoms in total. The van der Waals surface area contributed by atoms with E-state index in [0.29, 0.717) is 17.3 Å². The van der Waals surface area contributed by atoms with Crippen molar-refractivity contribution in [1.29, 1.82) is 0 Å². The highest BCUT2D eigenvalue weighted by Gasteiger charge is 2.15. The molecule has 0 radical (unpaired) electrons. The normalized spacial score (nSPS) is 17.4. The number of hydrogen-bond donors (Lipinski definition) is 0. The minimum absolute atomic E-state index is 0.308. The van der Waals surface area contributed by atoms with Gasteiger partial charge in [0.2, 0.25) is 0 Å². The monoisotopic (exact) mass is 266 g/mol. The molecule has 0 atom stereocenters. The summed E-state index contributed by atoms with van der Waals surface area (Å²) in [5.41, 5.74) is 1.37. The highest BCUT2D eigenvalue weighted by molar-refractivity contribution is 6.31. The van der Waals surface area contributed by atoms with Crippen molar-refractivity contribution in [2.45, 2.75) is 25.9 Å². The fraction of sp³-hybridized carbons (Fsp3) is 0.462. The van der Waals surface area contributed by atoms with Crippen LogP contribution in [0.5, 0.6) is 0 Å². The number of halogens is 1. The van der Waals surface area contributed by atoms with Gasteiger partial charge in [-0.1, -0.05) is 18.0 Å². The van der Waals surface area contributed by atoms with E-state index in [9.17, 15) is 4.79 Å².